The van der Waals surface area contributed by atoms with E-state index in [0.29, 0.717) is 12.4 Å². The Hall–Kier alpha value is -1.85. The number of carbonyl (C=O) groups excluding carboxylic acids is 1. The quantitative estimate of drug-likeness (QED) is 0.771. The van der Waals surface area contributed by atoms with Gasteiger partial charge in [-0.25, -0.2) is 14.8 Å². The van der Waals surface area contributed by atoms with E-state index in [1.54, 1.807) is 7.11 Å². The number of hydrogen-bond donors (Lipinski definition) is 0. The Morgan fingerprint density at radius 2 is 1.80 bits per heavy atom. The van der Waals surface area contributed by atoms with Gasteiger partial charge in [-0.3, -0.25) is 0 Å². The standard InChI is InChI=1S/C14H20N4O2/c1-20-13-11-4-8-18(9-5-12(11)15-10-16-13)14(19)17-6-2-3-7-17/h10H,2-9H2,1H3. The van der Waals surface area contributed by atoms with Crippen molar-refractivity contribution in [3.8, 4) is 5.88 Å². The van der Waals surface area contributed by atoms with Crippen LogP contribution < -0.4 is 4.74 Å². The minimum absolute atomic E-state index is 0.169. The molecule has 1 aromatic rings. The Labute approximate surface area is 118 Å². The Bertz CT molecular complexity index is 500. The van der Waals surface area contributed by atoms with E-state index in [-0.39, 0.29) is 6.03 Å². The molecule has 6 nitrogen and oxygen atoms in total. The van der Waals surface area contributed by atoms with Gasteiger partial charge in [-0.15, -0.1) is 0 Å². The van der Waals surface area contributed by atoms with Crippen LogP contribution in [-0.4, -0.2) is 59.1 Å². The van der Waals surface area contributed by atoms with Crippen LogP contribution in [0.3, 0.4) is 0 Å². The van der Waals surface area contributed by atoms with Crippen molar-refractivity contribution in [2.24, 2.45) is 0 Å². The zero-order chi connectivity index (χ0) is 13.9. The monoisotopic (exact) mass is 276 g/mol. The number of carbonyl (C=O) groups is 1. The molecule has 0 radical (unpaired) electrons. The number of fused-ring (bicyclic) bond motifs is 1. The molecule has 2 aliphatic rings. The van der Waals surface area contributed by atoms with Crippen LogP contribution in [0.25, 0.3) is 0 Å². The summed E-state index contributed by atoms with van der Waals surface area (Å²) in [6.07, 6.45) is 5.32. The molecule has 1 fully saturated rings. The number of rotatable bonds is 1. The fourth-order valence-electron chi connectivity index (χ4n) is 2.97. The van der Waals surface area contributed by atoms with Crippen molar-refractivity contribution in [1.82, 2.24) is 19.8 Å². The Balaban J connectivity index is 1.73. The van der Waals surface area contributed by atoms with E-state index in [9.17, 15) is 4.79 Å². The highest BCUT2D eigenvalue weighted by atomic mass is 16.5. The number of urea groups is 1. The molecule has 0 aromatic carbocycles. The summed E-state index contributed by atoms with van der Waals surface area (Å²) in [5.74, 6) is 0.644. The smallest absolute Gasteiger partial charge is 0.320 e. The summed E-state index contributed by atoms with van der Waals surface area (Å²) < 4.78 is 5.30. The van der Waals surface area contributed by atoms with Crippen molar-refractivity contribution < 1.29 is 9.53 Å². The molecule has 1 saturated heterocycles. The van der Waals surface area contributed by atoms with Gasteiger partial charge in [0.2, 0.25) is 5.88 Å². The van der Waals surface area contributed by atoms with Crippen molar-refractivity contribution in [3.63, 3.8) is 0 Å². The van der Waals surface area contributed by atoms with Gasteiger partial charge in [0, 0.05) is 38.2 Å². The lowest BCUT2D eigenvalue weighted by molar-refractivity contribution is 0.164. The van der Waals surface area contributed by atoms with Crippen LogP contribution in [0.5, 0.6) is 5.88 Å². The first-order valence-corrected chi connectivity index (χ1v) is 7.20. The summed E-state index contributed by atoms with van der Waals surface area (Å²) in [6.45, 7) is 3.23. The lowest BCUT2D eigenvalue weighted by atomic mass is 10.1. The van der Waals surface area contributed by atoms with Crippen LogP contribution in [-0.2, 0) is 12.8 Å². The minimum Gasteiger partial charge on any atom is -0.481 e. The predicted octanol–water partition coefficient (Wildman–Crippen LogP) is 1.10. The van der Waals surface area contributed by atoms with Crippen molar-refractivity contribution in [1.29, 1.82) is 0 Å². The summed E-state index contributed by atoms with van der Waals surface area (Å²) in [5, 5.41) is 0. The number of likely N-dealkylation sites (tertiary alicyclic amines) is 1. The van der Waals surface area contributed by atoms with E-state index in [1.165, 1.54) is 6.33 Å². The third-order valence-corrected chi connectivity index (χ3v) is 4.09. The molecule has 3 heterocycles. The third kappa shape index (κ3) is 2.42. The molecule has 2 aliphatic heterocycles. The van der Waals surface area contributed by atoms with Gasteiger partial charge in [0.05, 0.1) is 12.8 Å². The van der Waals surface area contributed by atoms with Crippen LogP contribution in [0.1, 0.15) is 24.1 Å². The number of amides is 2. The van der Waals surface area contributed by atoms with Crippen molar-refractivity contribution in [2.45, 2.75) is 25.7 Å². The maximum Gasteiger partial charge on any atom is 0.320 e. The molecule has 108 valence electrons. The Morgan fingerprint density at radius 1 is 1.10 bits per heavy atom. The molecular weight excluding hydrogens is 256 g/mol. The zero-order valence-electron chi connectivity index (χ0n) is 11.8. The van der Waals surface area contributed by atoms with E-state index in [0.717, 1.165) is 56.6 Å². The van der Waals surface area contributed by atoms with E-state index in [4.69, 9.17) is 4.74 Å². The van der Waals surface area contributed by atoms with E-state index < -0.39 is 0 Å². The molecule has 20 heavy (non-hydrogen) atoms. The summed E-state index contributed by atoms with van der Waals surface area (Å²) in [6, 6.07) is 0.169. The second kappa shape index (κ2) is 5.64. The zero-order valence-corrected chi connectivity index (χ0v) is 11.8. The molecule has 0 bridgehead atoms. The Morgan fingerprint density at radius 3 is 2.55 bits per heavy atom. The van der Waals surface area contributed by atoms with Crippen LogP contribution in [0.15, 0.2) is 6.33 Å². The largest absolute Gasteiger partial charge is 0.481 e. The van der Waals surface area contributed by atoms with Crippen molar-refractivity contribution >= 4 is 6.03 Å². The van der Waals surface area contributed by atoms with Crippen LogP contribution in [0.2, 0.25) is 0 Å². The molecule has 0 aliphatic carbocycles. The van der Waals surface area contributed by atoms with Gasteiger partial charge < -0.3 is 14.5 Å². The molecule has 2 amide bonds. The maximum atomic E-state index is 12.4. The summed E-state index contributed by atoms with van der Waals surface area (Å²) in [4.78, 5) is 24.8. The van der Waals surface area contributed by atoms with Gasteiger partial charge in [0.25, 0.3) is 0 Å². The highest BCUT2D eigenvalue weighted by Crippen LogP contribution is 2.22. The van der Waals surface area contributed by atoms with E-state index >= 15 is 0 Å². The summed E-state index contributed by atoms with van der Waals surface area (Å²) >= 11 is 0. The minimum atomic E-state index is 0.169. The fraction of sp³-hybridized carbons (Fsp3) is 0.643. The number of ether oxygens (including phenoxy) is 1. The number of aromatic nitrogens is 2. The molecule has 1 aromatic heterocycles. The highest BCUT2D eigenvalue weighted by Gasteiger charge is 2.26. The number of hydrogen-bond acceptors (Lipinski definition) is 4. The predicted molar refractivity (Wildman–Crippen MR) is 73.8 cm³/mol. The first kappa shape index (κ1) is 13.1. The number of nitrogens with zero attached hydrogens (tertiary/aromatic N) is 4. The average molecular weight is 276 g/mol. The fourth-order valence-corrected chi connectivity index (χ4v) is 2.97. The topological polar surface area (TPSA) is 58.6 Å². The highest BCUT2D eigenvalue weighted by molar-refractivity contribution is 5.74. The van der Waals surface area contributed by atoms with Gasteiger partial charge in [-0.05, 0) is 19.3 Å². The lowest BCUT2D eigenvalue weighted by Crippen LogP contribution is -2.42. The van der Waals surface area contributed by atoms with Gasteiger partial charge in [0.1, 0.15) is 6.33 Å². The van der Waals surface area contributed by atoms with Crippen molar-refractivity contribution in [3.05, 3.63) is 17.6 Å². The second-order valence-electron chi connectivity index (χ2n) is 5.27. The average Bonchev–Trinajstić information content (AvgIpc) is 2.92. The van der Waals surface area contributed by atoms with Crippen LogP contribution in [0, 0.1) is 0 Å². The van der Waals surface area contributed by atoms with Gasteiger partial charge in [-0.1, -0.05) is 0 Å². The summed E-state index contributed by atoms with van der Waals surface area (Å²) in [5.41, 5.74) is 2.06. The van der Waals surface area contributed by atoms with E-state index in [1.807, 2.05) is 9.80 Å². The van der Waals surface area contributed by atoms with E-state index in [2.05, 4.69) is 9.97 Å². The van der Waals surface area contributed by atoms with Crippen LogP contribution in [0.4, 0.5) is 4.79 Å². The first-order valence-electron chi connectivity index (χ1n) is 7.20. The van der Waals surface area contributed by atoms with Gasteiger partial charge >= 0.3 is 6.03 Å². The number of methoxy groups -OCH3 is 1. The molecule has 3 rings (SSSR count). The van der Waals surface area contributed by atoms with Gasteiger partial charge in [0.15, 0.2) is 0 Å². The normalized spacial score (nSPS) is 18.6. The van der Waals surface area contributed by atoms with Crippen molar-refractivity contribution in [2.75, 3.05) is 33.3 Å². The molecule has 6 heteroatoms. The molecule has 0 unspecified atom stereocenters. The van der Waals surface area contributed by atoms with Gasteiger partial charge in [-0.2, -0.15) is 0 Å². The Kier molecular flexibility index (Phi) is 3.71. The van der Waals surface area contributed by atoms with Crippen LogP contribution >= 0.6 is 0 Å². The molecule has 0 spiro atoms. The molecule has 0 saturated carbocycles. The maximum absolute atomic E-state index is 12.4. The SMILES string of the molecule is COc1ncnc2c1CCN(C(=O)N1CCCC1)CC2. The second-order valence-corrected chi connectivity index (χ2v) is 5.27. The molecule has 0 N–H and O–H groups in total. The molecular formula is C14H20N4O2. The lowest BCUT2D eigenvalue weighted by Gasteiger charge is -2.26. The molecule has 0 atom stereocenters. The first-order chi connectivity index (χ1) is 9.79. The summed E-state index contributed by atoms with van der Waals surface area (Å²) in [7, 11) is 1.63. The third-order valence-electron chi connectivity index (χ3n) is 4.09.